The Kier molecular flexibility index (Phi) is 3.94. The van der Waals surface area contributed by atoms with Crippen molar-refractivity contribution in [1.29, 1.82) is 0 Å². The standard InChI is InChI=1S/C18H17N5OS2/c1-11(13-7-4-8-25-13)22-24-9-15-20-17-16-12-5-2-3-6-14(12)26-18(16)19-10-23(17)21-15/h4,7-8,10H,2-3,5-6,9H2,1H3/b22-11-. The van der Waals surface area contributed by atoms with Gasteiger partial charge in [-0.1, -0.05) is 11.2 Å². The molecule has 0 aliphatic heterocycles. The van der Waals surface area contributed by atoms with Crippen LogP contribution in [-0.4, -0.2) is 25.3 Å². The van der Waals surface area contributed by atoms with Gasteiger partial charge in [0.15, 0.2) is 18.1 Å². The lowest BCUT2D eigenvalue weighted by molar-refractivity contribution is 0.125. The molecule has 4 aromatic rings. The van der Waals surface area contributed by atoms with E-state index in [1.807, 2.05) is 24.4 Å². The zero-order valence-corrected chi connectivity index (χ0v) is 15.9. The summed E-state index contributed by atoms with van der Waals surface area (Å²) in [5.74, 6) is 0.623. The Bertz CT molecular complexity index is 1110. The first-order valence-corrected chi connectivity index (χ1v) is 10.3. The molecule has 4 aromatic heterocycles. The fourth-order valence-electron chi connectivity index (χ4n) is 3.38. The van der Waals surface area contributed by atoms with E-state index in [0.29, 0.717) is 5.82 Å². The highest BCUT2D eigenvalue weighted by Crippen LogP contribution is 2.36. The van der Waals surface area contributed by atoms with E-state index in [-0.39, 0.29) is 6.61 Å². The van der Waals surface area contributed by atoms with Gasteiger partial charge in [0.05, 0.1) is 16.0 Å². The minimum absolute atomic E-state index is 0.248. The second-order valence-corrected chi connectivity index (χ2v) is 8.39. The molecule has 0 bridgehead atoms. The van der Waals surface area contributed by atoms with Crippen LogP contribution >= 0.6 is 22.7 Å². The van der Waals surface area contributed by atoms with Crippen molar-refractivity contribution >= 4 is 44.2 Å². The molecule has 0 fully saturated rings. The smallest absolute Gasteiger partial charge is 0.192 e. The first kappa shape index (κ1) is 15.9. The Morgan fingerprint density at radius 3 is 3.15 bits per heavy atom. The minimum Gasteiger partial charge on any atom is -0.387 e. The van der Waals surface area contributed by atoms with E-state index < -0.39 is 0 Å². The van der Waals surface area contributed by atoms with Crippen LogP contribution < -0.4 is 0 Å². The molecule has 1 aliphatic carbocycles. The molecule has 0 saturated carbocycles. The number of oxime groups is 1. The van der Waals surface area contributed by atoms with Gasteiger partial charge in [-0.05, 0) is 49.6 Å². The van der Waals surface area contributed by atoms with E-state index in [0.717, 1.165) is 33.9 Å². The maximum atomic E-state index is 5.48. The Morgan fingerprint density at radius 1 is 1.35 bits per heavy atom. The van der Waals surface area contributed by atoms with E-state index in [1.54, 1.807) is 33.5 Å². The number of nitrogens with zero attached hydrogens (tertiary/aromatic N) is 5. The fourth-order valence-corrected chi connectivity index (χ4v) is 5.27. The number of aromatic nitrogens is 4. The summed E-state index contributed by atoms with van der Waals surface area (Å²) in [4.78, 5) is 18.4. The molecule has 0 atom stereocenters. The van der Waals surface area contributed by atoms with Crippen molar-refractivity contribution in [1.82, 2.24) is 19.6 Å². The summed E-state index contributed by atoms with van der Waals surface area (Å²) >= 11 is 3.44. The normalized spacial score (nSPS) is 14.9. The summed E-state index contributed by atoms with van der Waals surface area (Å²) in [7, 11) is 0. The number of hydrogen-bond donors (Lipinski definition) is 0. The van der Waals surface area contributed by atoms with E-state index in [9.17, 15) is 0 Å². The topological polar surface area (TPSA) is 64.7 Å². The van der Waals surface area contributed by atoms with Gasteiger partial charge in [0.1, 0.15) is 11.2 Å². The molecular formula is C18H17N5OS2. The Hall–Kier alpha value is -2.32. The van der Waals surface area contributed by atoms with Crippen LogP contribution in [0.25, 0.3) is 15.9 Å². The third kappa shape index (κ3) is 2.69. The lowest BCUT2D eigenvalue weighted by atomic mass is 9.97. The maximum absolute atomic E-state index is 5.48. The van der Waals surface area contributed by atoms with Crippen molar-refractivity contribution in [3.05, 3.63) is 45.0 Å². The van der Waals surface area contributed by atoms with Crippen molar-refractivity contribution in [3.63, 3.8) is 0 Å². The molecule has 8 heteroatoms. The maximum Gasteiger partial charge on any atom is 0.192 e. The van der Waals surface area contributed by atoms with Crippen LogP contribution in [0, 0.1) is 0 Å². The summed E-state index contributed by atoms with van der Waals surface area (Å²) in [6.45, 7) is 2.19. The lowest BCUT2D eigenvalue weighted by Gasteiger charge is -2.09. The molecule has 4 heterocycles. The number of hydrogen-bond acceptors (Lipinski definition) is 7. The highest BCUT2D eigenvalue weighted by Gasteiger charge is 2.20. The second kappa shape index (κ2) is 6.44. The molecule has 132 valence electrons. The summed E-state index contributed by atoms with van der Waals surface area (Å²) < 4.78 is 1.76. The van der Waals surface area contributed by atoms with Crippen molar-refractivity contribution in [2.24, 2.45) is 5.16 Å². The van der Waals surface area contributed by atoms with Crippen LogP contribution in [0.2, 0.25) is 0 Å². The van der Waals surface area contributed by atoms with Gasteiger partial charge < -0.3 is 4.84 Å². The van der Waals surface area contributed by atoms with E-state index in [2.05, 4.69) is 15.2 Å². The number of rotatable bonds is 4. The molecule has 26 heavy (non-hydrogen) atoms. The van der Waals surface area contributed by atoms with Gasteiger partial charge in [0, 0.05) is 4.88 Å². The first-order chi connectivity index (χ1) is 12.8. The molecule has 5 rings (SSSR count). The monoisotopic (exact) mass is 383 g/mol. The van der Waals surface area contributed by atoms with Gasteiger partial charge in [-0.25, -0.2) is 14.5 Å². The third-order valence-corrected chi connectivity index (χ3v) is 6.79. The van der Waals surface area contributed by atoms with Crippen LogP contribution in [-0.2, 0) is 24.3 Å². The first-order valence-electron chi connectivity index (χ1n) is 8.64. The van der Waals surface area contributed by atoms with Crippen LogP contribution in [0.3, 0.4) is 0 Å². The highest BCUT2D eigenvalue weighted by atomic mass is 32.1. The average molecular weight is 384 g/mol. The quantitative estimate of drug-likeness (QED) is 0.391. The predicted molar refractivity (Wildman–Crippen MR) is 104 cm³/mol. The Morgan fingerprint density at radius 2 is 2.27 bits per heavy atom. The molecule has 1 aliphatic rings. The van der Waals surface area contributed by atoms with Gasteiger partial charge in [-0.3, -0.25) is 0 Å². The second-order valence-electron chi connectivity index (χ2n) is 6.36. The number of aryl methyl sites for hydroxylation is 2. The number of fused-ring (bicyclic) bond motifs is 5. The molecule has 6 nitrogen and oxygen atoms in total. The molecular weight excluding hydrogens is 366 g/mol. The summed E-state index contributed by atoms with van der Waals surface area (Å²) in [5.41, 5.74) is 3.16. The van der Waals surface area contributed by atoms with Gasteiger partial charge in [0.25, 0.3) is 0 Å². The molecule has 0 aromatic carbocycles. The molecule has 0 amide bonds. The number of thiophene rings is 2. The molecule has 0 saturated heterocycles. The summed E-state index contributed by atoms with van der Waals surface area (Å²) in [6.07, 6.45) is 6.52. The molecule has 0 radical (unpaired) electrons. The molecule has 0 spiro atoms. The summed E-state index contributed by atoms with van der Waals surface area (Å²) in [6, 6.07) is 4.03. The van der Waals surface area contributed by atoms with Crippen LogP contribution in [0.15, 0.2) is 29.0 Å². The van der Waals surface area contributed by atoms with Gasteiger partial charge in [-0.2, -0.15) is 0 Å². The molecule has 0 unspecified atom stereocenters. The van der Waals surface area contributed by atoms with Crippen molar-refractivity contribution in [3.8, 4) is 0 Å². The van der Waals surface area contributed by atoms with Crippen LogP contribution in [0.4, 0.5) is 0 Å². The molecule has 0 N–H and O–H groups in total. The van der Waals surface area contributed by atoms with Crippen LogP contribution in [0.5, 0.6) is 0 Å². The van der Waals surface area contributed by atoms with Crippen LogP contribution in [0.1, 0.15) is 40.9 Å². The van der Waals surface area contributed by atoms with E-state index >= 15 is 0 Å². The lowest BCUT2D eigenvalue weighted by Crippen LogP contribution is -1.99. The summed E-state index contributed by atoms with van der Waals surface area (Å²) in [5, 5.41) is 11.9. The highest BCUT2D eigenvalue weighted by molar-refractivity contribution is 7.19. The third-order valence-electron chi connectivity index (χ3n) is 4.61. The minimum atomic E-state index is 0.248. The van der Waals surface area contributed by atoms with Gasteiger partial charge in [-0.15, -0.1) is 27.8 Å². The Balaban J connectivity index is 1.45. The average Bonchev–Trinajstić information content (AvgIpc) is 3.38. The van der Waals surface area contributed by atoms with Gasteiger partial charge >= 0.3 is 0 Å². The van der Waals surface area contributed by atoms with E-state index in [1.165, 1.54) is 28.7 Å². The largest absolute Gasteiger partial charge is 0.387 e. The fraction of sp³-hybridized carbons (Fsp3) is 0.333. The zero-order chi connectivity index (χ0) is 17.5. The van der Waals surface area contributed by atoms with Crippen molar-refractivity contribution in [2.45, 2.75) is 39.2 Å². The van der Waals surface area contributed by atoms with Crippen molar-refractivity contribution < 1.29 is 4.84 Å². The predicted octanol–water partition coefficient (Wildman–Crippen LogP) is 4.22. The Labute approximate surface area is 158 Å². The van der Waals surface area contributed by atoms with E-state index in [4.69, 9.17) is 9.82 Å². The van der Waals surface area contributed by atoms with Gasteiger partial charge in [0.2, 0.25) is 0 Å². The zero-order valence-electron chi connectivity index (χ0n) is 14.3. The SMILES string of the molecule is C/C(=N/OCc1nc2c3c4c(sc3ncn2n1)CCCC4)c1cccs1. The van der Waals surface area contributed by atoms with Crippen molar-refractivity contribution in [2.75, 3.05) is 0 Å².